The number of hydrogen-bond donors (Lipinski definition) is 3. The van der Waals surface area contributed by atoms with Crippen molar-refractivity contribution < 1.29 is 14.4 Å². The number of nitrogens with zero attached hydrogens (tertiary/aromatic N) is 1. The fraction of sp³-hybridized carbons (Fsp3) is 0.593. The van der Waals surface area contributed by atoms with Crippen molar-refractivity contribution in [1.29, 1.82) is 0 Å². The Bertz CT molecular complexity index is 885. The quantitative estimate of drug-likeness (QED) is 0.455. The zero-order chi connectivity index (χ0) is 26.4. The smallest absolute Gasteiger partial charge is 0.245 e. The van der Waals surface area contributed by atoms with Crippen LogP contribution in [0.3, 0.4) is 0 Å². The first-order chi connectivity index (χ1) is 15.5. The van der Waals surface area contributed by atoms with Crippen LogP contribution in [-0.2, 0) is 19.8 Å². The number of nitrogens with two attached hydrogens (primary N) is 1. The summed E-state index contributed by atoms with van der Waals surface area (Å²) in [6.07, 6.45) is 1.72. The molecule has 7 nitrogen and oxygen atoms in total. The van der Waals surface area contributed by atoms with Gasteiger partial charge in [-0.2, -0.15) is 0 Å². The molecule has 7 heteroatoms. The highest BCUT2D eigenvalue weighted by Crippen LogP contribution is 2.29. The Morgan fingerprint density at radius 3 is 1.94 bits per heavy atom. The van der Waals surface area contributed by atoms with Gasteiger partial charge in [0.2, 0.25) is 17.7 Å². The predicted molar refractivity (Wildman–Crippen MR) is 138 cm³/mol. The summed E-state index contributed by atoms with van der Waals surface area (Å²) in [6.45, 7) is 15.4. The summed E-state index contributed by atoms with van der Waals surface area (Å²) < 4.78 is 0. The maximum absolute atomic E-state index is 13.7. The second kappa shape index (κ2) is 11.6. The lowest BCUT2D eigenvalue weighted by Crippen LogP contribution is -2.61. The molecular weight excluding hydrogens is 428 g/mol. The molecule has 0 bridgehead atoms. The van der Waals surface area contributed by atoms with Crippen LogP contribution in [-0.4, -0.2) is 54.8 Å². The number of nitrogens with one attached hydrogen (secondary N) is 2. The van der Waals surface area contributed by atoms with Gasteiger partial charge in [-0.3, -0.25) is 14.4 Å². The van der Waals surface area contributed by atoms with E-state index in [1.54, 1.807) is 32.0 Å². The first-order valence-corrected chi connectivity index (χ1v) is 11.8. The van der Waals surface area contributed by atoms with Gasteiger partial charge >= 0.3 is 0 Å². The largest absolute Gasteiger partial charge is 0.366 e. The first-order valence-electron chi connectivity index (χ1n) is 11.8. The minimum Gasteiger partial charge on any atom is -0.366 e. The van der Waals surface area contributed by atoms with E-state index in [1.165, 1.54) is 0 Å². The molecule has 1 rings (SSSR count). The molecule has 0 saturated heterocycles. The molecule has 0 fully saturated rings. The molecule has 1 aromatic carbocycles. The second-order valence-electron chi connectivity index (χ2n) is 11.0. The summed E-state index contributed by atoms with van der Waals surface area (Å²) in [6, 6.07) is 8.17. The number of hydrogen-bond acceptors (Lipinski definition) is 4. The van der Waals surface area contributed by atoms with E-state index >= 15 is 0 Å². The fourth-order valence-electron chi connectivity index (χ4n) is 4.17. The number of primary amides is 1. The average molecular weight is 473 g/mol. The molecule has 1 aromatic rings. The zero-order valence-corrected chi connectivity index (χ0v) is 22.5. The van der Waals surface area contributed by atoms with Crippen LogP contribution < -0.4 is 16.4 Å². The van der Waals surface area contributed by atoms with Crippen LogP contribution in [0.4, 0.5) is 0 Å². The van der Waals surface area contributed by atoms with Crippen LogP contribution in [0.15, 0.2) is 42.0 Å². The van der Waals surface area contributed by atoms with Gasteiger partial charge < -0.3 is 21.3 Å². The highest BCUT2D eigenvalue weighted by Gasteiger charge is 2.41. The predicted octanol–water partition coefficient (Wildman–Crippen LogP) is 3.00. The summed E-state index contributed by atoms with van der Waals surface area (Å²) >= 11 is 0. The molecule has 0 saturated carbocycles. The summed E-state index contributed by atoms with van der Waals surface area (Å²) in [7, 11) is 3.45. The van der Waals surface area contributed by atoms with Crippen molar-refractivity contribution in [3.63, 3.8) is 0 Å². The van der Waals surface area contributed by atoms with Crippen molar-refractivity contribution in [2.24, 2.45) is 17.1 Å². The maximum Gasteiger partial charge on any atom is 0.245 e. The Morgan fingerprint density at radius 2 is 1.53 bits per heavy atom. The van der Waals surface area contributed by atoms with E-state index in [4.69, 9.17) is 5.73 Å². The number of carbonyl (C=O) groups is 3. The summed E-state index contributed by atoms with van der Waals surface area (Å²) in [5.74, 6) is -0.947. The molecule has 1 unspecified atom stereocenters. The summed E-state index contributed by atoms with van der Waals surface area (Å²) in [5, 5.41) is 6.18. The molecule has 190 valence electrons. The van der Waals surface area contributed by atoms with E-state index < -0.39 is 28.8 Å². The third-order valence-electron chi connectivity index (χ3n) is 6.48. The molecular formula is C27H44N4O3. The van der Waals surface area contributed by atoms with E-state index in [0.717, 1.165) is 5.56 Å². The molecule has 0 aliphatic heterocycles. The summed E-state index contributed by atoms with van der Waals surface area (Å²) in [5.41, 5.74) is 5.78. The molecule has 0 heterocycles. The molecule has 0 spiro atoms. The van der Waals surface area contributed by atoms with E-state index in [0.29, 0.717) is 5.57 Å². The van der Waals surface area contributed by atoms with Gasteiger partial charge in [0, 0.05) is 18.0 Å². The molecule has 4 N–H and O–H groups in total. The Balaban J connectivity index is 3.29. The molecule has 0 radical (unpaired) electrons. The third-order valence-corrected chi connectivity index (χ3v) is 6.48. The lowest BCUT2D eigenvalue weighted by Gasteiger charge is -2.40. The fourth-order valence-corrected chi connectivity index (χ4v) is 4.17. The van der Waals surface area contributed by atoms with E-state index in [2.05, 4.69) is 10.6 Å². The van der Waals surface area contributed by atoms with Gasteiger partial charge in [-0.05, 0) is 30.9 Å². The van der Waals surface area contributed by atoms with Crippen LogP contribution >= 0.6 is 0 Å². The lowest BCUT2D eigenvalue weighted by molar-refractivity contribution is -0.140. The van der Waals surface area contributed by atoms with Crippen molar-refractivity contribution in [2.75, 3.05) is 14.1 Å². The minimum absolute atomic E-state index is 0.0432. The number of amides is 3. The van der Waals surface area contributed by atoms with Crippen LogP contribution in [0.5, 0.6) is 0 Å². The molecule has 34 heavy (non-hydrogen) atoms. The summed E-state index contributed by atoms with van der Waals surface area (Å²) in [4.78, 5) is 40.4. The van der Waals surface area contributed by atoms with Crippen LogP contribution in [0.2, 0.25) is 0 Å². The van der Waals surface area contributed by atoms with E-state index in [-0.39, 0.29) is 23.8 Å². The number of carbonyl (C=O) groups excluding carboxylic acids is 3. The average Bonchev–Trinajstić information content (AvgIpc) is 2.74. The lowest BCUT2D eigenvalue weighted by atomic mass is 9.76. The Hall–Kier alpha value is -2.67. The zero-order valence-electron chi connectivity index (χ0n) is 22.5. The topological polar surface area (TPSA) is 105 Å². The normalized spacial score (nSPS) is 15.4. The Kier molecular flexibility index (Phi) is 10.1. The van der Waals surface area contributed by atoms with E-state index in [9.17, 15) is 14.4 Å². The van der Waals surface area contributed by atoms with Gasteiger partial charge in [0.1, 0.15) is 6.04 Å². The number of benzene rings is 1. The van der Waals surface area contributed by atoms with Crippen molar-refractivity contribution in [2.45, 2.75) is 78.9 Å². The van der Waals surface area contributed by atoms with E-state index in [1.807, 2.05) is 78.8 Å². The highest BCUT2D eigenvalue weighted by molar-refractivity contribution is 5.92. The number of likely N-dealkylation sites (N-methyl/N-ethyl adjacent to an activating group) is 2. The molecule has 0 aliphatic carbocycles. The Morgan fingerprint density at radius 1 is 1.00 bits per heavy atom. The van der Waals surface area contributed by atoms with Crippen molar-refractivity contribution in [1.82, 2.24) is 15.5 Å². The monoisotopic (exact) mass is 472 g/mol. The number of rotatable bonds is 10. The standard InChI is InChI=1S/C27H44N4O3/c1-17(2)20(16-18(3)23(28)32)31(10)25(34)22(26(4,5)6)30-24(33)21(29-9)27(7,8)19-14-12-11-13-15-19/h11-17,20-22,29H,1-10H3,(H2,28,32)(H,30,33)/b18-16+/t20-,21+,22?/m1/s1. The Labute approximate surface area is 205 Å². The van der Waals surface area contributed by atoms with Gasteiger partial charge in [-0.1, -0.05) is 84.9 Å². The second-order valence-corrected chi connectivity index (χ2v) is 11.0. The maximum atomic E-state index is 13.7. The highest BCUT2D eigenvalue weighted by atomic mass is 16.2. The van der Waals surface area contributed by atoms with Gasteiger partial charge in [-0.25, -0.2) is 0 Å². The van der Waals surface area contributed by atoms with Gasteiger partial charge in [0.15, 0.2) is 0 Å². The SMILES string of the molecule is CN[C@@H](C(=O)NC(C(=O)N(C)[C@H](/C=C(\C)C(N)=O)C(C)C)C(C)(C)C)C(C)(C)c1ccccc1. The first kappa shape index (κ1) is 29.4. The van der Waals surface area contributed by atoms with Gasteiger partial charge in [-0.15, -0.1) is 0 Å². The molecule has 0 aliphatic rings. The van der Waals surface area contributed by atoms with Crippen molar-refractivity contribution in [3.05, 3.63) is 47.5 Å². The third kappa shape index (κ3) is 7.16. The molecule has 3 atom stereocenters. The molecule has 0 aromatic heterocycles. The molecule has 3 amide bonds. The van der Waals surface area contributed by atoms with Crippen LogP contribution in [0.25, 0.3) is 0 Å². The van der Waals surface area contributed by atoms with Crippen molar-refractivity contribution >= 4 is 17.7 Å². The van der Waals surface area contributed by atoms with Gasteiger partial charge in [0.05, 0.1) is 12.1 Å². The minimum atomic E-state index is -0.768. The van der Waals surface area contributed by atoms with Crippen LogP contribution in [0.1, 0.15) is 61.0 Å². The van der Waals surface area contributed by atoms with Crippen molar-refractivity contribution in [3.8, 4) is 0 Å². The van der Waals surface area contributed by atoms with Gasteiger partial charge in [0.25, 0.3) is 0 Å². The van der Waals surface area contributed by atoms with Crippen LogP contribution in [0, 0.1) is 11.3 Å².